The summed E-state index contributed by atoms with van der Waals surface area (Å²) in [6.45, 7) is 15.2. The molecular weight excluding hydrogens is 352 g/mol. The van der Waals surface area contributed by atoms with Crippen LogP contribution in [-0.2, 0) is 0 Å². The van der Waals surface area contributed by atoms with E-state index in [9.17, 15) is 5.11 Å². The second-order valence-corrected chi connectivity index (χ2v) is 13.1. The highest BCUT2D eigenvalue weighted by atomic mass is 16.3. The predicted octanol–water partition coefficient (Wildman–Crippen LogP) is 7.71. The maximum atomic E-state index is 10.4. The van der Waals surface area contributed by atoms with E-state index in [4.69, 9.17) is 0 Å². The van der Waals surface area contributed by atoms with Crippen LogP contribution >= 0.6 is 0 Å². The second kappa shape index (κ2) is 8.14. The van der Waals surface area contributed by atoms with E-state index in [0.717, 1.165) is 54.3 Å². The summed E-state index contributed by atoms with van der Waals surface area (Å²) in [4.78, 5) is 0. The fraction of sp³-hybridized carbons (Fsp3) is 1.00. The summed E-state index contributed by atoms with van der Waals surface area (Å²) in [5.41, 5.74) is 1.10. The fourth-order valence-electron chi connectivity index (χ4n) is 9.72. The number of hydrogen-bond donors (Lipinski definition) is 1. The highest BCUT2D eigenvalue weighted by Crippen LogP contribution is 2.69. The van der Waals surface area contributed by atoms with Gasteiger partial charge in [-0.2, -0.15) is 0 Å². The Hall–Kier alpha value is -0.0400. The second-order valence-electron chi connectivity index (χ2n) is 13.1. The van der Waals surface area contributed by atoms with Gasteiger partial charge in [-0.15, -0.1) is 0 Å². The molecule has 1 heteroatoms. The van der Waals surface area contributed by atoms with Crippen molar-refractivity contribution < 1.29 is 5.11 Å². The van der Waals surface area contributed by atoms with Crippen LogP contribution in [-0.4, -0.2) is 11.2 Å². The van der Waals surface area contributed by atoms with Crippen LogP contribution in [0.15, 0.2) is 0 Å². The van der Waals surface area contributed by atoms with E-state index in [0.29, 0.717) is 16.7 Å². The average Bonchev–Trinajstić information content (AvgIpc) is 3.00. The van der Waals surface area contributed by atoms with Crippen LogP contribution in [0.3, 0.4) is 0 Å². The minimum Gasteiger partial charge on any atom is -0.393 e. The van der Waals surface area contributed by atoms with E-state index in [1.54, 1.807) is 0 Å². The van der Waals surface area contributed by atoms with Crippen molar-refractivity contribution in [3.63, 3.8) is 0 Å². The Morgan fingerprint density at radius 1 is 0.897 bits per heavy atom. The lowest BCUT2D eigenvalue weighted by Gasteiger charge is -2.63. The minimum absolute atomic E-state index is 0.0315. The number of fused-ring (bicyclic) bond motifs is 5. The van der Waals surface area contributed by atoms with E-state index in [1.807, 2.05) is 0 Å². The lowest BCUT2D eigenvalue weighted by molar-refractivity contribution is -0.153. The standard InChI is InChI=1S/C28H50O/c1-18(2)8-7-9-19(3)24-12-13-25-23-11-10-21-17-22(29)16-20(4)28(21,6)26(23)14-15-27(24,25)5/h18-26,29H,7-17H2,1-6H3/t19-,20?,21-,22+,23-,24-,25+,26+,27-,28+/m1/s1. The zero-order valence-corrected chi connectivity index (χ0v) is 20.4. The van der Waals surface area contributed by atoms with Crippen molar-refractivity contribution in [3.8, 4) is 0 Å². The average molecular weight is 403 g/mol. The lowest BCUT2D eigenvalue weighted by Crippen LogP contribution is -2.57. The van der Waals surface area contributed by atoms with Gasteiger partial charge >= 0.3 is 0 Å². The number of aliphatic hydroxyl groups excluding tert-OH is 1. The zero-order valence-electron chi connectivity index (χ0n) is 20.4. The van der Waals surface area contributed by atoms with Crippen molar-refractivity contribution in [2.75, 3.05) is 0 Å². The summed E-state index contributed by atoms with van der Waals surface area (Å²) in [6, 6.07) is 0. The van der Waals surface area contributed by atoms with Crippen molar-refractivity contribution in [3.05, 3.63) is 0 Å². The molecule has 0 bridgehead atoms. The van der Waals surface area contributed by atoms with Crippen LogP contribution in [0.2, 0.25) is 0 Å². The van der Waals surface area contributed by atoms with Gasteiger partial charge in [-0.3, -0.25) is 0 Å². The van der Waals surface area contributed by atoms with Gasteiger partial charge in [-0.1, -0.05) is 60.8 Å². The lowest BCUT2D eigenvalue weighted by atomic mass is 9.42. The predicted molar refractivity (Wildman–Crippen MR) is 124 cm³/mol. The van der Waals surface area contributed by atoms with Gasteiger partial charge in [0, 0.05) is 0 Å². The maximum absolute atomic E-state index is 10.4. The molecular formula is C28H50O. The number of hydrogen-bond acceptors (Lipinski definition) is 1. The molecule has 0 aromatic heterocycles. The first-order valence-corrected chi connectivity index (χ1v) is 13.4. The van der Waals surface area contributed by atoms with Crippen molar-refractivity contribution in [1.82, 2.24) is 0 Å². The summed E-state index contributed by atoms with van der Waals surface area (Å²) in [7, 11) is 0. The third kappa shape index (κ3) is 3.64. The van der Waals surface area contributed by atoms with Crippen LogP contribution in [0.4, 0.5) is 0 Å². The molecule has 4 aliphatic rings. The normalized spacial score (nSPS) is 50.7. The fourth-order valence-corrected chi connectivity index (χ4v) is 9.72. The molecule has 4 fully saturated rings. The molecule has 4 rings (SSSR count). The van der Waals surface area contributed by atoms with E-state index in [2.05, 4.69) is 41.5 Å². The van der Waals surface area contributed by atoms with Gasteiger partial charge in [0.1, 0.15) is 0 Å². The molecule has 0 aromatic rings. The first kappa shape index (κ1) is 22.2. The van der Waals surface area contributed by atoms with Gasteiger partial charge in [0.25, 0.3) is 0 Å². The van der Waals surface area contributed by atoms with E-state index in [1.165, 1.54) is 57.8 Å². The van der Waals surface area contributed by atoms with E-state index >= 15 is 0 Å². The van der Waals surface area contributed by atoms with Crippen LogP contribution in [0, 0.1) is 58.2 Å². The van der Waals surface area contributed by atoms with Crippen molar-refractivity contribution in [1.29, 1.82) is 0 Å². The molecule has 4 saturated carbocycles. The summed E-state index contributed by atoms with van der Waals surface area (Å²) < 4.78 is 0. The molecule has 168 valence electrons. The maximum Gasteiger partial charge on any atom is 0.0545 e. The van der Waals surface area contributed by atoms with Crippen LogP contribution in [0.1, 0.15) is 112 Å². The topological polar surface area (TPSA) is 20.2 Å². The Bertz CT molecular complexity index is 569. The van der Waals surface area contributed by atoms with Crippen LogP contribution in [0.5, 0.6) is 0 Å². The zero-order chi connectivity index (χ0) is 21.0. The Morgan fingerprint density at radius 3 is 2.38 bits per heavy atom. The summed E-state index contributed by atoms with van der Waals surface area (Å²) in [5.74, 6) is 7.09. The third-order valence-electron chi connectivity index (χ3n) is 11.4. The smallest absolute Gasteiger partial charge is 0.0545 e. The SMILES string of the molecule is CC(C)CCC[C@@H](C)[C@H]1CC[C@H]2[C@H]3CC[C@@H]4C[C@@H](O)CC(C)[C@]4(C)[C@H]3CC[C@]12C. The molecule has 0 saturated heterocycles. The number of rotatable bonds is 5. The first-order valence-electron chi connectivity index (χ1n) is 13.4. The monoisotopic (exact) mass is 402 g/mol. The van der Waals surface area contributed by atoms with Crippen LogP contribution < -0.4 is 0 Å². The molecule has 29 heavy (non-hydrogen) atoms. The molecule has 4 aliphatic carbocycles. The summed E-state index contributed by atoms with van der Waals surface area (Å²) in [6.07, 6.45) is 15.2. The quantitative estimate of drug-likeness (QED) is 0.499. The molecule has 0 amide bonds. The molecule has 0 radical (unpaired) electrons. The van der Waals surface area contributed by atoms with Crippen LogP contribution in [0.25, 0.3) is 0 Å². The largest absolute Gasteiger partial charge is 0.393 e. The molecule has 1 N–H and O–H groups in total. The van der Waals surface area contributed by atoms with Crippen molar-refractivity contribution in [2.24, 2.45) is 58.2 Å². The van der Waals surface area contributed by atoms with Crippen molar-refractivity contribution >= 4 is 0 Å². The Labute approximate surface area is 181 Å². The molecule has 0 heterocycles. The highest BCUT2D eigenvalue weighted by molar-refractivity contribution is 5.10. The third-order valence-corrected chi connectivity index (χ3v) is 11.4. The summed E-state index contributed by atoms with van der Waals surface area (Å²) >= 11 is 0. The first-order chi connectivity index (χ1) is 13.7. The molecule has 0 aromatic carbocycles. The Kier molecular flexibility index (Phi) is 6.22. The van der Waals surface area contributed by atoms with Gasteiger partial charge in [-0.05, 0) is 110 Å². The van der Waals surface area contributed by atoms with Gasteiger partial charge in [-0.25, -0.2) is 0 Å². The number of aliphatic hydroxyl groups is 1. The minimum atomic E-state index is -0.0315. The molecule has 10 atom stereocenters. The Morgan fingerprint density at radius 2 is 1.66 bits per heavy atom. The van der Waals surface area contributed by atoms with E-state index in [-0.39, 0.29) is 6.10 Å². The molecule has 0 spiro atoms. The molecule has 1 nitrogen and oxygen atoms in total. The van der Waals surface area contributed by atoms with Crippen molar-refractivity contribution in [2.45, 2.75) is 118 Å². The Balaban J connectivity index is 1.49. The molecule has 1 unspecified atom stereocenters. The van der Waals surface area contributed by atoms with Gasteiger partial charge < -0.3 is 5.11 Å². The molecule has 0 aliphatic heterocycles. The highest BCUT2D eigenvalue weighted by Gasteiger charge is 2.61. The van der Waals surface area contributed by atoms with Gasteiger partial charge in [0.2, 0.25) is 0 Å². The van der Waals surface area contributed by atoms with Gasteiger partial charge in [0.05, 0.1) is 6.10 Å². The summed E-state index contributed by atoms with van der Waals surface area (Å²) in [5, 5.41) is 10.4. The van der Waals surface area contributed by atoms with Gasteiger partial charge in [0.15, 0.2) is 0 Å². The van der Waals surface area contributed by atoms with E-state index < -0.39 is 0 Å².